The predicted octanol–water partition coefficient (Wildman–Crippen LogP) is 2.74. The summed E-state index contributed by atoms with van der Waals surface area (Å²) in [7, 11) is 1.59. The second-order valence-corrected chi connectivity index (χ2v) is 4.51. The van der Waals surface area contributed by atoms with Gasteiger partial charge in [0.1, 0.15) is 5.75 Å². The Bertz CT molecular complexity index is 544. The maximum absolute atomic E-state index is 9.32. The highest BCUT2D eigenvalue weighted by Gasteiger charge is 2.00. The van der Waals surface area contributed by atoms with Crippen LogP contribution in [-0.2, 0) is 13.1 Å². The number of phenols is 1. The van der Waals surface area contributed by atoms with Crippen LogP contribution in [0.15, 0.2) is 36.5 Å². The Hall–Kier alpha value is -1.78. The fourth-order valence-corrected chi connectivity index (χ4v) is 1.85. The average Bonchev–Trinajstić information content (AvgIpc) is 2.43. The first-order valence-corrected chi connectivity index (χ1v) is 6.24. The normalized spacial score (nSPS) is 10.4. The third-order valence-electron chi connectivity index (χ3n) is 2.68. The van der Waals surface area contributed by atoms with Crippen LogP contribution in [0.1, 0.15) is 11.1 Å². The summed E-state index contributed by atoms with van der Waals surface area (Å²) in [5.41, 5.74) is 2.09. The average molecular weight is 279 g/mol. The Labute approximate surface area is 117 Å². The lowest BCUT2D eigenvalue weighted by Gasteiger charge is -2.06. The summed E-state index contributed by atoms with van der Waals surface area (Å²) in [5, 5.41) is 13.0. The van der Waals surface area contributed by atoms with Gasteiger partial charge >= 0.3 is 0 Å². The molecule has 0 spiro atoms. The molecule has 0 saturated heterocycles. The van der Waals surface area contributed by atoms with Gasteiger partial charge in [0.15, 0.2) is 0 Å². The van der Waals surface area contributed by atoms with E-state index < -0.39 is 0 Å². The van der Waals surface area contributed by atoms with E-state index in [1.165, 1.54) is 0 Å². The molecule has 0 aliphatic rings. The molecule has 1 heterocycles. The van der Waals surface area contributed by atoms with E-state index in [1.54, 1.807) is 25.4 Å². The Morgan fingerprint density at radius 1 is 1.21 bits per heavy atom. The number of phenolic OH excluding ortho intramolecular Hbond substituents is 1. The van der Waals surface area contributed by atoms with Crippen molar-refractivity contribution in [2.75, 3.05) is 7.11 Å². The Kier molecular flexibility index (Phi) is 4.60. The van der Waals surface area contributed by atoms with E-state index >= 15 is 0 Å². The quantitative estimate of drug-likeness (QED) is 0.883. The summed E-state index contributed by atoms with van der Waals surface area (Å²) in [4.78, 5) is 4.13. The second kappa shape index (κ2) is 6.41. The minimum atomic E-state index is 0.102. The summed E-state index contributed by atoms with van der Waals surface area (Å²) in [6.45, 7) is 1.38. The van der Waals surface area contributed by atoms with Gasteiger partial charge in [-0.3, -0.25) is 0 Å². The van der Waals surface area contributed by atoms with Crippen molar-refractivity contribution in [1.82, 2.24) is 10.3 Å². The maximum atomic E-state index is 9.32. The van der Waals surface area contributed by atoms with Crippen LogP contribution in [-0.4, -0.2) is 17.2 Å². The van der Waals surface area contributed by atoms with Crippen molar-refractivity contribution in [2.45, 2.75) is 13.1 Å². The first kappa shape index (κ1) is 13.6. The summed E-state index contributed by atoms with van der Waals surface area (Å²) in [6.07, 6.45) is 1.77. The number of benzene rings is 1. The van der Waals surface area contributed by atoms with Crippen LogP contribution >= 0.6 is 11.6 Å². The van der Waals surface area contributed by atoms with Gasteiger partial charge in [-0.15, -0.1) is 0 Å². The van der Waals surface area contributed by atoms with Crippen LogP contribution in [0.2, 0.25) is 5.02 Å². The lowest BCUT2D eigenvalue weighted by molar-refractivity contribution is 0.397. The van der Waals surface area contributed by atoms with Gasteiger partial charge in [-0.1, -0.05) is 23.7 Å². The van der Waals surface area contributed by atoms with Gasteiger partial charge in [0.2, 0.25) is 5.88 Å². The summed E-state index contributed by atoms with van der Waals surface area (Å²) >= 11 is 5.84. The van der Waals surface area contributed by atoms with Crippen LogP contribution in [0.5, 0.6) is 11.6 Å². The highest BCUT2D eigenvalue weighted by molar-refractivity contribution is 6.32. The minimum absolute atomic E-state index is 0.102. The third-order valence-corrected chi connectivity index (χ3v) is 2.98. The van der Waals surface area contributed by atoms with Crippen LogP contribution in [0.3, 0.4) is 0 Å². The SMILES string of the molecule is COc1ccc(CNCc2ccc(O)c(Cl)c2)cn1. The highest BCUT2D eigenvalue weighted by Crippen LogP contribution is 2.23. The molecule has 0 fully saturated rings. The number of rotatable bonds is 5. The number of pyridine rings is 1. The largest absolute Gasteiger partial charge is 0.506 e. The molecule has 1 aromatic carbocycles. The van der Waals surface area contributed by atoms with Gasteiger partial charge in [-0.05, 0) is 23.3 Å². The fourth-order valence-electron chi connectivity index (χ4n) is 1.65. The molecule has 0 unspecified atom stereocenters. The summed E-state index contributed by atoms with van der Waals surface area (Å²) in [5.74, 6) is 0.707. The minimum Gasteiger partial charge on any atom is -0.506 e. The summed E-state index contributed by atoms with van der Waals surface area (Å²) in [6, 6.07) is 8.96. The molecule has 2 rings (SSSR count). The molecule has 2 aromatic rings. The lowest BCUT2D eigenvalue weighted by atomic mass is 10.2. The zero-order valence-electron chi connectivity index (χ0n) is 10.6. The molecule has 0 bridgehead atoms. The number of aromatic hydroxyl groups is 1. The molecule has 0 aliphatic heterocycles. The number of halogens is 1. The monoisotopic (exact) mass is 278 g/mol. The van der Waals surface area contributed by atoms with Crippen LogP contribution < -0.4 is 10.1 Å². The lowest BCUT2D eigenvalue weighted by Crippen LogP contribution is -2.12. The molecule has 100 valence electrons. The molecular formula is C14H15ClN2O2. The second-order valence-electron chi connectivity index (χ2n) is 4.10. The molecule has 2 N–H and O–H groups in total. The van der Waals surface area contributed by atoms with Gasteiger partial charge in [-0.25, -0.2) is 4.98 Å². The van der Waals surface area contributed by atoms with Crippen molar-refractivity contribution in [1.29, 1.82) is 0 Å². The van der Waals surface area contributed by atoms with Crippen molar-refractivity contribution >= 4 is 11.6 Å². The van der Waals surface area contributed by atoms with E-state index in [0.717, 1.165) is 11.1 Å². The van der Waals surface area contributed by atoms with E-state index in [0.29, 0.717) is 24.0 Å². The highest BCUT2D eigenvalue weighted by atomic mass is 35.5. The first-order chi connectivity index (χ1) is 9.19. The predicted molar refractivity (Wildman–Crippen MR) is 74.4 cm³/mol. The number of aromatic nitrogens is 1. The van der Waals surface area contributed by atoms with Gasteiger partial charge in [0, 0.05) is 25.4 Å². The number of methoxy groups -OCH3 is 1. The van der Waals surface area contributed by atoms with E-state index in [4.69, 9.17) is 16.3 Å². The maximum Gasteiger partial charge on any atom is 0.212 e. The molecule has 1 aromatic heterocycles. The molecule has 5 heteroatoms. The van der Waals surface area contributed by atoms with E-state index in [9.17, 15) is 5.11 Å². The number of nitrogens with one attached hydrogen (secondary N) is 1. The Morgan fingerprint density at radius 2 is 1.95 bits per heavy atom. The molecule has 0 saturated carbocycles. The molecule has 0 atom stereocenters. The third kappa shape index (κ3) is 3.84. The molecule has 0 amide bonds. The van der Waals surface area contributed by atoms with E-state index in [-0.39, 0.29) is 5.75 Å². The standard InChI is InChI=1S/C14H15ClN2O2/c1-19-14-5-3-11(9-17-14)8-16-7-10-2-4-13(18)12(15)6-10/h2-6,9,16,18H,7-8H2,1H3. The zero-order chi connectivity index (χ0) is 13.7. The van der Waals surface area contributed by atoms with Crippen molar-refractivity contribution < 1.29 is 9.84 Å². The fraction of sp³-hybridized carbons (Fsp3) is 0.214. The van der Waals surface area contributed by atoms with Crippen molar-refractivity contribution in [3.8, 4) is 11.6 Å². The van der Waals surface area contributed by atoms with Crippen LogP contribution in [0, 0.1) is 0 Å². The number of hydrogen-bond donors (Lipinski definition) is 2. The molecular weight excluding hydrogens is 264 g/mol. The van der Waals surface area contributed by atoms with Crippen molar-refractivity contribution in [3.05, 3.63) is 52.7 Å². The molecule has 0 radical (unpaired) electrons. The molecule has 4 nitrogen and oxygen atoms in total. The molecule has 0 aliphatic carbocycles. The van der Waals surface area contributed by atoms with Gasteiger partial charge < -0.3 is 15.2 Å². The van der Waals surface area contributed by atoms with Gasteiger partial charge in [0.05, 0.1) is 12.1 Å². The number of ether oxygens (including phenoxy) is 1. The zero-order valence-corrected chi connectivity index (χ0v) is 11.3. The van der Waals surface area contributed by atoms with Crippen LogP contribution in [0.4, 0.5) is 0 Å². The topological polar surface area (TPSA) is 54.4 Å². The van der Waals surface area contributed by atoms with Crippen molar-refractivity contribution in [3.63, 3.8) is 0 Å². The molecule has 19 heavy (non-hydrogen) atoms. The van der Waals surface area contributed by atoms with Gasteiger partial charge in [-0.2, -0.15) is 0 Å². The Balaban J connectivity index is 1.86. The van der Waals surface area contributed by atoms with Gasteiger partial charge in [0.25, 0.3) is 0 Å². The van der Waals surface area contributed by atoms with Crippen LogP contribution in [0.25, 0.3) is 0 Å². The van der Waals surface area contributed by atoms with Crippen molar-refractivity contribution in [2.24, 2.45) is 0 Å². The van der Waals surface area contributed by atoms with E-state index in [2.05, 4.69) is 10.3 Å². The first-order valence-electron chi connectivity index (χ1n) is 5.86. The van der Waals surface area contributed by atoms with E-state index in [1.807, 2.05) is 18.2 Å². The number of hydrogen-bond acceptors (Lipinski definition) is 4. The smallest absolute Gasteiger partial charge is 0.212 e. The Morgan fingerprint density at radius 3 is 2.58 bits per heavy atom. The summed E-state index contributed by atoms with van der Waals surface area (Å²) < 4.78 is 5.00. The number of nitrogens with zero attached hydrogens (tertiary/aromatic N) is 1.